The zero-order chi connectivity index (χ0) is 12.5. The zero-order valence-corrected chi connectivity index (χ0v) is 11.2. The lowest BCUT2D eigenvalue weighted by molar-refractivity contribution is 0.210. The molecule has 3 nitrogen and oxygen atoms in total. The molecule has 0 aromatic heterocycles. The van der Waals surface area contributed by atoms with E-state index >= 15 is 0 Å². The van der Waals surface area contributed by atoms with Crippen molar-refractivity contribution in [2.45, 2.75) is 43.6 Å². The highest BCUT2D eigenvalue weighted by molar-refractivity contribution is 8.13. The van der Waals surface area contributed by atoms with Gasteiger partial charge in [0.1, 0.15) is 5.75 Å². The van der Waals surface area contributed by atoms with Crippen LogP contribution in [0.1, 0.15) is 31.2 Å². The standard InChI is InChI=1S/C12H15ClO3S/c1-9-8-11(16-10-4-2-3-5-10)6-7-12(9)17(13,14)15/h6-8,10H,2-5H2,1H3. The number of rotatable bonds is 3. The molecule has 1 fully saturated rings. The molecule has 94 valence electrons. The molecule has 0 unspecified atom stereocenters. The maximum atomic E-state index is 11.2. The summed E-state index contributed by atoms with van der Waals surface area (Å²) in [5.41, 5.74) is 0.621. The first-order valence-electron chi connectivity index (χ1n) is 5.69. The van der Waals surface area contributed by atoms with Gasteiger partial charge in [-0.25, -0.2) is 8.42 Å². The lowest BCUT2D eigenvalue weighted by atomic mass is 10.2. The predicted molar refractivity (Wildman–Crippen MR) is 67.1 cm³/mol. The highest BCUT2D eigenvalue weighted by Gasteiger charge is 2.18. The lowest BCUT2D eigenvalue weighted by Crippen LogP contribution is -2.11. The van der Waals surface area contributed by atoms with Gasteiger partial charge in [-0.15, -0.1) is 0 Å². The van der Waals surface area contributed by atoms with Gasteiger partial charge in [0.2, 0.25) is 0 Å². The molecule has 0 radical (unpaired) electrons. The van der Waals surface area contributed by atoms with Gasteiger partial charge in [0, 0.05) is 10.7 Å². The molecule has 5 heteroatoms. The summed E-state index contributed by atoms with van der Waals surface area (Å²) in [6.45, 7) is 1.72. The fourth-order valence-corrected chi connectivity index (χ4v) is 3.36. The molecule has 17 heavy (non-hydrogen) atoms. The zero-order valence-electron chi connectivity index (χ0n) is 9.65. The quantitative estimate of drug-likeness (QED) is 0.795. The summed E-state index contributed by atoms with van der Waals surface area (Å²) in [7, 11) is 1.66. The first-order chi connectivity index (χ1) is 7.97. The molecule has 0 atom stereocenters. The molecule has 1 aromatic carbocycles. The van der Waals surface area contributed by atoms with Gasteiger partial charge in [-0.05, 0) is 56.4 Å². The Morgan fingerprint density at radius 1 is 1.29 bits per heavy atom. The lowest BCUT2D eigenvalue weighted by Gasteiger charge is -2.14. The van der Waals surface area contributed by atoms with Crippen LogP contribution < -0.4 is 4.74 Å². The number of hydrogen-bond donors (Lipinski definition) is 0. The van der Waals surface area contributed by atoms with Crippen molar-refractivity contribution in [1.29, 1.82) is 0 Å². The van der Waals surface area contributed by atoms with Crippen molar-refractivity contribution < 1.29 is 13.2 Å². The Morgan fingerprint density at radius 3 is 2.47 bits per heavy atom. The molecule has 0 heterocycles. The van der Waals surface area contributed by atoms with Crippen LogP contribution in [0.25, 0.3) is 0 Å². The van der Waals surface area contributed by atoms with E-state index in [1.807, 2.05) is 0 Å². The normalized spacial score (nSPS) is 17.3. The van der Waals surface area contributed by atoms with Gasteiger partial charge in [-0.2, -0.15) is 0 Å². The van der Waals surface area contributed by atoms with Crippen molar-refractivity contribution in [3.8, 4) is 5.75 Å². The SMILES string of the molecule is Cc1cc(OC2CCCC2)ccc1S(=O)(=O)Cl. The molecule has 1 saturated carbocycles. The predicted octanol–water partition coefficient (Wildman–Crippen LogP) is 3.24. The van der Waals surface area contributed by atoms with Gasteiger partial charge < -0.3 is 4.74 Å². The third kappa shape index (κ3) is 3.13. The third-order valence-corrected chi connectivity index (χ3v) is 4.50. The molecule has 0 bridgehead atoms. The van der Waals surface area contributed by atoms with E-state index in [2.05, 4.69) is 0 Å². The van der Waals surface area contributed by atoms with Crippen LogP contribution in [0.5, 0.6) is 5.75 Å². The first kappa shape index (κ1) is 12.7. The monoisotopic (exact) mass is 274 g/mol. The van der Waals surface area contributed by atoms with E-state index in [1.54, 1.807) is 19.1 Å². The Bertz CT molecular complexity index is 504. The molecular weight excluding hydrogens is 260 g/mol. The Kier molecular flexibility index (Phi) is 3.64. The van der Waals surface area contributed by atoms with Crippen LogP contribution >= 0.6 is 10.7 Å². The summed E-state index contributed by atoms with van der Waals surface area (Å²) in [5.74, 6) is 0.721. The number of benzene rings is 1. The average molecular weight is 275 g/mol. The third-order valence-electron chi connectivity index (χ3n) is 3.01. The molecule has 0 spiro atoms. The van der Waals surface area contributed by atoms with Crippen molar-refractivity contribution in [3.63, 3.8) is 0 Å². The topological polar surface area (TPSA) is 43.4 Å². The van der Waals surface area contributed by atoms with Crippen LogP contribution in [0, 0.1) is 6.92 Å². The molecular formula is C12H15ClO3S. The highest BCUT2D eigenvalue weighted by atomic mass is 35.7. The molecule has 0 amide bonds. The van der Waals surface area contributed by atoms with Crippen molar-refractivity contribution in [1.82, 2.24) is 0 Å². The fraction of sp³-hybridized carbons (Fsp3) is 0.500. The summed E-state index contributed by atoms with van der Waals surface area (Å²) in [6.07, 6.45) is 4.84. The molecule has 1 aliphatic carbocycles. The highest BCUT2D eigenvalue weighted by Crippen LogP contribution is 2.27. The van der Waals surface area contributed by atoms with Gasteiger partial charge >= 0.3 is 0 Å². The summed E-state index contributed by atoms with van der Waals surface area (Å²) in [6, 6.07) is 4.90. The molecule has 0 N–H and O–H groups in total. The Labute approximate surface area is 106 Å². The summed E-state index contributed by atoms with van der Waals surface area (Å²) < 4.78 is 28.3. The van der Waals surface area contributed by atoms with Crippen LogP contribution in [-0.4, -0.2) is 14.5 Å². The summed E-state index contributed by atoms with van der Waals surface area (Å²) in [4.78, 5) is 0.151. The van der Waals surface area contributed by atoms with E-state index in [-0.39, 0.29) is 11.0 Å². The molecule has 1 aliphatic rings. The van der Waals surface area contributed by atoms with Crippen LogP contribution in [0.4, 0.5) is 0 Å². The minimum absolute atomic E-state index is 0.151. The van der Waals surface area contributed by atoms with E-state index in [0.717, 1.165) is 18.6 Å². The summed E-state index contributed by atoms with van der Waals surface area (Å²) >= 11 is 0. The van der Waals surface area contributed by atoms with E-state index in [0.29, 0.717) is 5.56 Å². The molecule has 2 rings (SSSR count). The van der Waals surface area contributed by atoms with Crippen LogP contribution in [0.3, 0.4) is 0 Å². The van der Waals surface area contributed by atoms with Gasteiger partial charge in [-0.1, -0.05) is 0 Å². The van der Waals surface area contributed by atoms with Crippen LogP contribution in [0.2, 0.25) is 0 Å². The van der Waals surface area contributed by atoms with Gasteiger partial charge in [-0.3, -0.25) is 0 Å². The van der Waals surface area contributed by atoms with Crippen molar-refractivity contribution in [2.75, 3.05) is 0 Å². The van der Waals surface area contributed by atoms with E-state index < -0.39 is 9.05 Å². The second-order valence-corrected chi connectivity index (χ2v) is 6.92. The Morgan fingerprint density at radius 2 is 1.94 bits per heavy atom. The second kappa shape index (κ2) is 4.86. The van der Waals surface area contributed by atoms with Crippen molar-refractivity contribution in [3.05, 3.63) is 23.8 Å². The van der Waals surface area contributed by atoms with Gasteiger partial charge in [0.05, 0.1) is 11.0 Å². The van der Waals surface area contributed by atoms with Crippen LogP contribution in [0.15, 0.2) is 23.1 Å². The van der Waals surface area contributed by atoms with E-state index in [9.17, 15) is 8.42 Å². The maximum absolute atomic E-state index is 11.2. The average Bonchev–Trinajstić information content (AvgIpc) is 2.68. The minimum atomic E-state index is -3.66. The van der Waals surface area contributed by atoms with Crippen molar-refractivity contribution in [2.24, 2.45) is 0 Å². The smallest absolute Gasteiger partial charge is 0.261 e. The number of ether oxygens (including phenoxy) is 1. The van der Waals surface area contributed by atoms with Gasteiger partial charge in [0.25, 0.3) is 9.05 Å². The number of aryl methyl sites for hydroxylation is 1. The number of hydrogen-bond acceptors (Lipinski definition) is 3. The van der Waals surface area contributed by atoms with Crippen LogP contribution in [-0.2, 0) is 9.05 Å². The molecule has 1 aromatic rings. The summed E-state index contributed by atoms with van der Waals surface area (Å²) in [5, 5.41) is 0. The maximum Gasteiger partial charge on any atom is 0.261 e. The fourth-order valence-electron chi connectivity index (χ4n) is 2.17. The number of halogens is 1. The Balaban J connectivity index is 2.19. The Hall–Kier alpha value is -0.740. The molecule has 0 saturated heterocycles. The molecule has 0 aliphatic heterocycles. The second-order valence-electron chi connectivity index (χ2n) is 4.39. The van der Waals surface area contributed by atoms with E-state index in [4.69, 9.17) is 15.4 Å². The van der Waals surface area contributed by atoms with E-state index in [1.165, 1.54) is 18.9 Å². The first-order valence-corrected chi connectivity index (χ1v) is 8.00. The largest absolute Gasteiger partial charge is 0.490 e. The van der Waals surface area contributed by atoms with Gasteiger partial charge in [0.15, 0.2) is 0 Å². The van der Waals surface area contributed by atoms with Crippen molar-refractivity contribution >= 4 is 19.7 Å². The minimum Gasteiger partial charge on any atom is -0.490 e.